The molecule has 0 spiro atoms. The summed E-state index contributed by atoms with van der Waals surface area (Å²) >= 11 is 0. The average Bonchev–Trinajstić information content (AvgIpc) is 2.16. The maximum Gasteiger partial charge on any atom is 0.126 e. The minimum Gasteiger partial charge on any atom is -0.493 e. The van der Waals surface area contributed by atoms with E-state index in [1.807, 2.05) is 12.1 Å². The molecule has 2 N–H and O–H groups in total. The quantitative estimate of drug-likeness (QED) is 0.688. The Balaban J connectivity index is 2.40. The Kier molecular flexibility index (Phi) is 2.33. The first-order chi connectivity index (χ1) is 6.68. The fourth-order valence-electron chi connectivity index (χ4n) is 1.92. The van der Waals surface area contributed by atoms with E-state index >= 15 is 0 Å². The molecular formula is C11H16N2O. The maximum atomic E-state index is 5.71. The average molecular weight is 192 g/mol. The molecule has 0 amide bonds. The fraction of sp³-hybridized carbons (Fsp3) is 0.455. The Bertz CT molecular complexity index is 336. The van der Waals surface area contributed by atoms with Crippen molar-refractivity contribution < 1.29 is 4.74 Å². The third kappa shape index (κ3) is 1.55. The van der Waals surface area contributed by atoms with E-state index in [4.69, 9.17) is 10.5 Å². The number of anilines is 1. The Morgan fingerprint density at radius 3 is 2.93 bits per heavy atom. The van der Waals surface area contributed by atoms with Gasteiger partial charge in [0.25, 0.3) is 0 Å². The van der Waals surface area contributed by atoms with E-state index in [0.717, 1.165) is 24.5 Å². The van der Waals surface area contributed by atoms with Crippen molar-refractivity contribution in [2.24, 2.45) is 0 Å². The summed E-state index contributed by atoms with van der Waals surface area (Å²) in [4.78, 5) is 2.22. The van der Waals surface area contributed by atoms with Crippen molar-refractivity contribution in [2.45, 2.75) is 12.5 Å². The van der Waals surface area contributed by atoms with E-state index in [1.54, 1.807) is 0 Å². The number of fused-ring (bicyclic) bond motifs is 1. The van der Waals surface area contributed by atoms with E-state index in [0.29, 0.717) is 6.04 Å². The molecule has 3 nitrogen and oxygen atoms in total. The lowest BCUT2D eigenvalue weighted by molar-refractivity contribution is 0.190. The lowest BCUT2D eigenvalue weighted by atomic mass is 9.99. The first-order valence-corrected chi connectivity index (χ1v) is 4.87. The lowest BCUT2D eigenvalue weighted by Crippen LogP contribution is -2.26. The van der Waals surface area contributed by atoms with Crippen LogP contribution in [0.5, 0.6) is 5.75 Å². The Morgan fingerprint density at radius 2 is 2.21 bits per heavy atom. The third-order valence-electron chi connectivity index (χ3n) is 2.67. The van der Waals surface area contributed by atoms with Gasteiger partial charge in [0.15, 0.2) is 0 Å². The van der Waals surface area contributed by atoms with Crippen LogP contribution in [0.2, 0.25) is 0 Å². The minimum atomic E-state index is 0.458. The highest BCUT2D eigenvalue weighted by Gasteiger charge is 2.22. The number of ether oxygens (including phenoxy) is 1. The predicted octanol–water partition coefficient (Wildman–Crippen LogP) is 1.65. The van der Waals surface area contributed by atoms with Gasteiger partial charge in [0.2, 0.25) is 0 Å². The molecule has 0 aromatic heterocycles. The minimum absolute atomic E-state index is 0.458. The van der Waals surface area contributed by atoms with E-state index in [2.05, 4.69) is 25.1 Å². The number of nitrogens with two attached hydrogens (primary N) is 1. The molecule has 1 aromatic carbocycles. The molecular weight excluding hydrogens is 176 g/mol. The van der Waals surface area contributed by atoms with Gasteiger partial charge < -0.3 is 15.4 Å². The monoisotopic (exact) mass is 192 g/mol. The van der Waals surface area contributed by atoms with Crippen LogP contribution >= 0.6 is 0 Å². The first kappa shape index (κ1) is 9.34. The highest BCUT2D eigenvalue weighted by Crippen LogP contribution is 2.35. The summed E-state index contributed by atoms with van der Waals surface area (Å²) in [5.74, 6) is 0.940. The van der Waals surface area contributed by atoms with Crippen molar-refractivity contribution in [2.75, 3.05) is 26.4 Å². The molecule has 1 unspecified atom stereocenters. The molecule has 1 heterocycles. The molecule has 0 fully saturated rings. The zero-order valence-corrected chi connectivity index (χ0v) is 8.66. The molecule has 0 radical (unpaired) electrons. The summed E-state index contributed by atoms with van der Waals surface area (Å²) in [7, 11) is 4.19. The molecule has 1 aliphatic rings. The van der Waals surface area contributed by atoms with Gasteiger partial charge in [0.05, 0.1) is 6.61 Å². The molecule has 1 atom stereocenters. The van der Waals surface area contributed by atoms with Gasteiger partial charge in [-0.25, -0.2) is 0 Å². The molecule has 1 aromatic rings. The van der Waals surface area contributed by atoms with Crippen LogP contribution in [0.1, 0.15) is 18.0 Å². The van der Waals surface area contributed by atoms with Gasteiger partial charge in [-0.3, -0.25) is 0 Å². The van der Waals surface area contributed by atoms with Crippen molar-refractivity contribution in [3.8, 4) is 5.75 Å². The summed E-state index contributed by atoms with van der Waals surface area (Å²) in [5.41, 5.74) is 7.72. The van der Waals surface area contributed by atoms with Crippen molar-refractivity contribution in [1.82, 2.24) is 4.90 Å². The third-order valence-corrected chi connectivity index (χ3v) is 2.67. The fourth-order valence-corrected chi connectivity index (χ4v) is 1.92. The summed E-state index contributed by atoms with van der Waals surface area (Å²) in [6.45, 7) is 0.777. The van der Waals surface area contributed by atoms with E-state index < -0.39 is 0 Å². The highest BCUT2D eigenvalue weighted by molar-refractivity contribution is 5.50. The van der Waals surface area contributed by atoms with Crippen molar-refractivity contribution in [3.63, 3.8) is 0 Å². The van der Waals surface area contributed by atoms with Gasteiger partial charge in [-0.2, -0.15) is 0 Å². The van der Waals surface area contributed by atoms with E-state index in [9.17, 15) is 0 Å². The molecule has 0 saturated heterocycles. The van der Waals surface area contributed by atoms with Gasteiger partial charge >= 0.3 is 0 Å². The van der Waals surface area contributed by atoms with Crippen LogP contribution in [0.3, 0.4) is 0 Å². The molecule has 0 bridgehead atoms. The zero-order chi connectivity index (χ0) is 10.1. The first-order valence-electron chi connectivity index (χ1n) is 4.87. The highest BCUT2D eigenvalue weighted by atomic mass is 16.5. The second-order valence-electron chi connectivity index (χ2n) is 3.91. The number of benzene rings is 1. The van der Waals surface area contributed by atoms with E-state index in [-0.39, 0.29) is 0 Å². The van der Waals surface area contributed by atoms with Crippen LogP contribution in [0.25, 0.3) is 0 Å². The SMILES string of the molecule is CN(C)C1CCOc2cc(N)ccc21. The summed E-state index contributed by atoms with van der Waals surface area (Å²) in [6.07, 6.45) is 1.05. The zero-order valence-electron chi connectivity index (χ0n) is 8.66. The number of nitrogen functional groups attached to an aromatic ring is 1. The summed E-state index contributed by atoms with van der Waals surface area (Å²) < 4.78 is 5.58. The molecule has 0 aliphatic carbocycles. The predicted molar refractivity (Wildman–Crippen MR) is 57.4 cm³/mol. The van der Waals surface area contributed by atoms with Gasteiger partial charge in [-0.05, 0) is 20.2 Å². The number of nitrogens with zero attached hydrogens (tertiary/aromatic N) is 1. The van der Waals surface area contributed by atoms with Crippen molar-refractivity contribution in [1.29, 1.82) is 0 Å². The lowest BCUT2D eigenvalue weighted by Gasteiger charge is -2.30. The van der Waals surface area contributed by atoms with Crippen LogP contribution in [-0.2, 0) is 0 Å². The topological polar surface area (TPSA) is 38.5 Å². The van der Waals surface area contributed by atoms with Gasteiger partial charge in [-0.1, -0.05) is 6.07 Å². The Hall–Kier alpha value is -1.22. The van der Waals surface area contributed by atoms with E-state index in [1.165, 1.54) is 5.56 Å². The van der Waals surface area contributed by atoms with Crippen LogP contribution in [-0.4, -0.2) is 25.6 Å². The number of rotatable bonds is 1. The largest absolute Gasteiger partial charge is 0.493 e. The second kappa shape index (κ2) is 3.50. The normalized spacial score (nSPS) is 20.4. The van der Waals surface area contributed by atoms with Crippen molar-refractivity contribution in [3.05, 3.63) is 23.8 Å². The number of hydrogen-bond acceptors (Lipinski definition) is 3. The number of hydrogen-bond donors (Lipinski definition) is 1. The summed E-state index contributed by atoms with van der Waals surface area (Å²) in [5, 5.41) is 0. The molecule has 14 heavy (non-hydrogen) atoms. The summed E-state index contributed by atoms with van der Waals surface area (Å²) in [6, 6.07) is 6.36. The van der Waals surface area contributed by atoms with Crippen LogP contribution in [0, 0.1) is 0 Å². The Morgan fingerprint density at radius 1 is 1.43 bits per heavy atom. The smallest absolute Gasteiger partial charge is 0.126 e. The Labute approximate surface area is 84.5 Å². The molecule has 0 saturated carbocycles. The van der Waals surface area contributed by atoms with Gasteiger partial charge in [-0.15, -0.1) is 0 Å². The van der Waals surface area contributed by atoms with Crippen LogP contribution in [0.4, 0.5) is 5.69 Å². The molecule has 1 aliphatic heterocycles. The maximum absolute atomic E-state index is 5.71. The van der Waals surface area contributed by atoms with Gasteiger partial charge in [0.1, 0.15) is 5.75 Å². The van der Waals surface area contributed by atoms with Crippen LogP contribution in [0.15, 0.2) is 18.2 Å². The van der Waals surface area contributed by atoms with Gasteiger partial charge in [0, 0.05) is 29.8 Å². The standard InChI is InChI=1S/C11H16N2O/c1-13(2)10-5-6-14-11-7-8(12)3-4-9(10)11/h3-4,7,10H,5-6,12H2,1-2H3. The van der Waals surface area contributed by atoms with Crippen LogP contribution < -0.4 is 10.5 Å². The van der Waals surface area contributed by atoms with Crippen molar-refractivity contribution >= 4 is 5.69 Å². The molecule has 2 rings (SSSR count). The molecule has 3 heteroatoms. The molecule has 76 valence electrons. The second-order valence-corrected chi connectivity index (χ2v) is 3.91.